The summed E-state index contributed by atoms with van der Waals surface area (Å²) in [5, 5.41) is 9.24. The van der Waals surface area contributed by atoms with Crippen molar-refractivity contribution in [3.63, 3.8) is 0 Å². The van der Waals surface area contributed by atoms with Crippen molar-refractivity contribution < 1.29 is 8.42 Å². The molecule has 2 heterocycles. The van der Waals surface area contributed by atoms with E-state index in [0.717, 1.165) is 13.0 Å². The van der Waals surface area contributed by atoms with Gasteiger partial charge < -0.3 is 4.57 Å². The van der Waals surface area contributed by atoms with Gasteiger partial charge in [-0.15, -0.1) is 0 Å². The standard InChI is InChI=1S/C14H22N4O2S/c1-4-7-17-10-13(16-12(17)2)21(19,20)18-8-5-14(3,11-15)6-9-18/h10H,4-9H2,1-3H3. The summed E-state index contributed by atoms with van der Waals surface area (Å²) in [6.07, 6.45) is 3.68. The normalized spacial score (nSPS) is 19.3. The van der Waals surface area contributed by atoms with Crippen LogP contribution in [-0.2, 0) is 16.6 Å². The van der Waals surface area contributed by atoms with Gasteiger partial charge in [0.15, 0.2) is 5.03 Å². The van der Waals surface area contributed by atoms with Gasteiger partial charge in [-0.3, -0.25) is 0 Å². The van der Waals surface area contributed by atoms with Gasteiger partial charge in [-0.2, -0.15) is 9.57 Å². The van der Waals surface area contributed by atoms with Gasteiger partial charge in [-0.25, -0.2) is 13.4 Å². The van der Waals surface area contributed by atoms with Crippen molar-refractivity contribution in [1.82, 2.24) is 13.9 Å². The van der Waals surface area contributed by atoms with E-state index in [-0.39, 0.29) is 5.03 Å². The van der Waals surface area contributed by atoms with Crippen molar-refractivity contribution in [3.05, 3.63) is 12.0 Å². The molecule has 0 radical (unpaired) electrons. The summed E-state index contributed by atoms with van der Waals surface area (Å²) in [5.74, 6) is 0.717. The second kappa shape index (κ2) is 5.78. The van der Waals surface area contributed by atoms with Gasteiger partial charge in [0.1, 0.15) is 5.82 Å². The van der Waals surface area contributed by atoms with Crippen molar-refractivity contribution in [2.24, 2.45) is 5.41 Å². The lowest BCUT2D eigenvalue weighted by molar-refractivity contribution is 0.231. The zero-order chi connectivity index (χ0) is 15.7. The Bertz CT molecular complexity index is 649. The van der Waals surface area contributed by atoms with Gasteiger partial charge in [0.2, 0.25) is 0 Å². The molecule has 0 bridgehead atoms. The van der Waals surface area contributed by atoms with E-state index in [2.05, 4.69) is 11.1 Å². The number of rotatable bonds is 4. The number of sulfonamides is 1. The average Bonchev–Trinajstić information content (AvgIpc) is 2.82. The van der Waals surface area contributed by atoms with Crippen LogP contribution in [0.25, 0.3) is 0 Å². The summed E-state index contributed by atoms with van der Waals surface area (Å²) in [4.78, 5) is 4.20. The topological polar surface area (TPSA) is 79.0 Å². The van der Waals surface area contributed by atoms with Gasteiger partial charge >= 0.3 is 0 Å². The molecule has 1 aromatic rings. The van der Waals surface area contributed by atoms with Crippen LogP contribution in [0, 0.1) is 23.7 Å². The minimum Gasteiger partial charge on any atom is -0.334 e. The Balaban J connectivity index is 2.20. The summed E-state index contributed by atoms with van der Waals surface area (Å²) < 4.78 is 28.6. The zero-order valence-corrected chi connectivity index (χ0v) is 13.7. The van der Waals surface area contributed by atoms with E-state index >= 15 is 0 Å². The highest BCUT2D eigenvalue weighted by Crippen LogP contribution is 2.32. The van der Waals surface area contributed by atoms with E-state index < -0.39 is 15.4 Å². The molecule has 1 saturated heterocycles. The van der Waals surface area contributed by atoms with Crippen LogP contribution in [0.5, 0.6) is 0 Å². The summed E-state index contributed by atoms with van der Waals surface area (Å²) in [6.45, 7) is 7.27. The molecule has 1 fully saturated rings. The third-order valence-corrected chi connectivity index (χ3v) is 5.89. The number of nitrogens with zero attached hydrogens (tertiary/aromatic N) is 4. The quantitative estimate of drug-likeness (QED) is 0.851. The SMILES string of the molecule is CCCn1cc(S(=O)(=O)N2CCC(C)(C#N)CC2)nc1C. The minimum absolute atomic E-state index is 0.119. The van der Waals surface area contributed by atoms with Crippen LogP contribution in [0.3, 0.4) is 0 Å². The molecule has 0 aromatic carbocycles. The monoisotopic (exact) mass is 310 g/mol. The predicted octanol–water partition coefficient (Wildman–Crippen LogP) is 1.92. The molecule has 0 aliphatic carbocycles. The number of piperidine rings is 1. The molecule has 0 saturated carbocycles. The van der Waals surface area contributed by atoms with Crippen LogP contribution in [0.15, 0.2) is 11.2 Å². The van der Waals surface area contributed by atoms with Crippen molar-refractivity contribution >= 4 is 10.0 Å². The Labute approximate surface area is 126 Å². The maximum atomic E-state index is 12.6. The van der Waals surface area contributed by atoms with Crippen LogP contribution >= 0.6 is 0 Å². The molecule has 1 aliphatic heterocycles. The van der Waals surface area contributed by atoms with Gasteiger partial charge in [0.05, 0.1) is 11.5 Å². The Hall–Kier alpha value is -1.39. The molecular weight excluding hydrogens is 288 g/mol. The predicted molar refractivity (Wildman–Crippen MR) is 79.0 cm³/mol. The highest BCUT2D eigenvalue weighted by molar-refractivity contribution is 7.89. The van der Waals surface area contributed by atoms with Gasteiger partial charge in [0.25, 0.3) is 10.0 Å². The number of imidazole rings is 1. The summed E-state index contributed by atoms with van der Waals surface area (Å²) in [5.41, 5.74) is -0.413. The second-order valence-corrected chi connectivity index (χ2v) is 7.78. The average molecular weight is 310 g/mol. The molecule has 1 aliphatic rings. The number of aromatic nitrogens is 2. The fraction of sp³-hybridized carbons (Fsp3) is 0.714. The summed E-state index contributed by atoms with van der Waals surface area (Å²) >= 11 is 0. The summed E-state index contributed by atoms with van der Waals surface area (Å²) in [7, 11) is -3.55. The molecule has 2 rings (SSSR count). The lowest BCUT2D eigenvalue weighted by atomic mass is 9.83. The first kappa shape index (κ1) is 16.0. The van der Waals surface area contributed by atoms with Crippen molar-refractivity contribution in [2.45, 2.75) is 51.6 Å². The number of aryl methyl sites for hydroxylation is 2. The van der Waals surface area contributed by atoms with Crippen LogP contribution in [0.4, 0.5) is 0 Å². The lowest BCUT2D eigenvalue weighted by Crippen LogP contribution is -2.41. The minimum atomic E-state index is -3.55. The molecule has 0 amide bonds. The Morgan fingerprint density at radius 2 is 2.05 bits per heavy atom. The lowest BCUT2D eigenvalue weighted by Gasteiger charge is -2.33. The van der Waals surface area contributed by atoms with E-state index in [4.69, 9.17) is 5.26 Å². The highest BCUT2D eigenvalue weighted by Gasteiger charge is 2.36. The zero-order valence-electron chi connectivity index (χ0n) is 12.8. The van der Waals surface area contributed by atoms with Gasteiger partial charge in [-0.05, 0) is 33.1 Å². The van der Waals surface area contributed by atoms with Gasteiger partial charge in [-0.1, -0.05) is 6.92 Å². The molecule has 0 N–H and O–H groups in total. The third-order valence-electron chi connectivity index (χ3n) is 4.12. The van der Waals surface area contributed by atoms with Crippen LogP contribution in [0.2, 0.25) is 0 Å². The Morgan fingerprint density at radius 3 is 2.57 bits per heavy atom. The van der Waals surface area contributed by atoms with E-state index in [1.54, 1.807) is 6.20 Å². The van der Waals surface area contributed by atoms with E-state index in [1.165, 1.54) is 4.31 Å². The molecule has 6 nitrogen and oxygen atoms in total. The van der Waals surface area contributed by atoms with E-state index in [1.807, 2.05) is 25.3 Å². The fourth-order valence-electron chi connectivity index (χ4n) is 2.53. The number of nitriles is 1. The Kier molecular flexibility index (Phi) is 4.40. The molecule has 1 aromatic heterocycles. The molecule has 0 atom stereocenters. The third kappa shape index (κ3) is 3.11. The van der Waals surface area contributed by atoms with Crippen LogP contribution in [-0.4, -0.2) is 35.4 Å². The first-order valence-corrected chi connectivity index (χ1v) is 8.71. The number of hydrogen-bond donors (Lipinski definition) is 0. The molecule has 21 heavy (non-hydrogen) atoms. The smallest absolute Gasteiger partial charge is 0.262 e. The fourth-order valence-corrected chi connectivity index (χ4v) is 3.97. The van der Waals surface area contributed by atoms with Crippen molar-refractivity contribution in [1.29, 1.82) is 5.26 Å². The molecule has 116 valence electrons. The maximum Gasteiger partial charge on any atom is 0.262 e. The molecule has 7 heteroatoms. The van der Waals surface area contributed by atoms with E-state index in [0.29, 0.717) is 31.8 Å². The first-order valence-electron chi connectivity index (χ1n) is 7.27. The maximum absolute atomic E-state index is 12.6. The van der Waals surface area contributed by atoms with E-state index in [9.17, 15) is 8.42 Å². The summed E-state index contributed by atoms with van der Waals surface area (Å²) in [6, 6.07) is 2.28. The first-order chi connectivity index (χ1) is 9.82. The number of hydrogen-bond acceptors (Lipinski definition) is 4. The second-order valence-electron chi connectivity index (χ2n) is 5.90. The highest BCUT2D eigenvalue weighted by atomic mass is 32.2. The molecular formula is C14H22N4O2S. The van der Waals surface area contributed by atoms with Crippen molar-refractivity contribution in [3.8, 4) is 6.07 Å². The molecule has 0 spiro atoms. The van der Waals surface area contributed by atoms with Crippen LogP contribution < -0.4 is 0 Å². The molecule has 0 unspecified atom stereocenters. The largest absolute Gasteiger partial charge is 0.334 e. The Morgan fingerprint density at radius 1 is 1.43 bits per heavy atom. The van der Waals surface area contributed by atoms with Gasteiger partial charge in [0, 0.05) is 25.8 Å². The van der Waals surface area contributed by atoms with Crippen LogP contribution in [0.1, 0.15) is 38.9 Å². The van der Waals surface area contributed by atoms with Crippen molar-refractivity contribution in [2.75, 3.05) is 13.1 Å².